The van der Waals surface area contributed by atoms with E-state index in [-0.39, 0.29) is 5.95 Å². The Morgan fingerprint density at radius 3 is 2.72 bits per heavy atom. The summed E-state index contributed by atoms with van der Waals surface area (Å²) in [6.45, 7) is 1.63. The van der Waals surface area contributed by atoms with Gasteiger partial charge in [-0.15, -0.1) is 0 Å². The van der Waals surface area contributed by atoms with Crippen LogP contribution in [0.15, 0.2) is 12.3 Å². The summed E-state index contributed by atoms with van der Waals surface area (Å²) in [6.07, 6.45) is -0.916. The molecule has 2 aromatic heterocycles. The Kier molecular flexibility index (Phi) is 4.04. The topological polar surface area (TPSA) is 62.7 Å². The number of rotatable bonds is 3. The average molecular weight is 370 g/mol. The molecule has 0 saturated heterocycles. The molecular weight excluding hydrogens is 355 g/mol. The highest BCUT2D eigenvalue weighted by Crippen LogP contribution is 2.44. The number of hydrogen-bond donors (Lipinski definition) is 2. The first-order chi connectivity index (χ1) is 11.9. The van der Waals surface area contributed by atoms with Crippen LogP contribution >= 0.6 is 11.6 Å². The third kappa shape index (κ3) is 3.41. The van der Waals surface area contributed by atoms with Crippen LogP contribution in [0.3, 0.4) is 0 Å². The highest BCUT2D eigenvalue weighted by molar-refractivity contribution is 6.30. The Morgan fingerprint density at radius 1 is 1.24 bits per heavy atom. The van der Waals surface area contributed by atoms with Crippen LogP contribution in [0.4, 0.5) is 24.9 Å². The van der Waals surface area contributed by atoms with Crippen molar-refractivity contribution < 1.29 is 13.2 Å². The van der Waals surface area contributed by atoms with E-state index < -0.39 is 16.9 Å². The maximum Gasteiger partial charge on any atom is 0.420 e. The van der Waals surface area contributed by atoms with E-state index in [9.17, 15) is 13.2 Å². The van der Waals surface area contributed by atoms with Crippen LogP contribution in [0.5, 0.6) is 0 Å². The molecule has 0 radical (unpaired) electrons. The van der Waals surface area contributed by atoms with Crippen LogP contribution in [0.25, 0.3) is 0 Å². The molecule has 9 heteroatoms. The van der Waals surface area contributed by atoms with Crippen molar-refractivity contribution in [2.75, 3.05) is 11.9 Å². The normalized spacial score (nSPS) is 17.3. The highest BCUT2D eigenvalue weighted by atomic mass is 35.5. The molecule has 0 amide bonds. The largest absolute Gasteiger partial charge is 0.420 e. The molecule has 0 bridgehead atoms. The van der Waals surface area contributed by atoms with Gasteiger partial charge in [0.2, 0.25) is 5.95 Å². The number of anilines is 2. The third-order valence-electron chi connectivity index (χ3n) is 4.37. The zero-order valence-corrected chi connectivity index (χ0v) is 13.9. The number of nitrogens with one attached hydrogen (secondary N) is 2. The Balaban J connectivity index is 1.67. The fourth-order valence-corrected chi connectivity index (χ4v) is 3.17. The predicted octanol–water partition coefficient (Wildman–Crippen LogP) is 3.81. The molecule has 25 heavy (non-hydrogen) atoms. The fraction of sp³-hybridized carbons (Fsp3) is 0.438. The average Bonchev–Trinajstić information content (AvgIpc) is 3.38. The molecular formula is C16H15ClF3N5. The smallest absolute Gasteiger partial charge is 0.312 e. The second kappa shape index (κ2) is 6.10. The maximum atomic E-state index is 12.8. The summed E-state index contributed by atoms with van der Waals surface area (Å²) in [6, 6.07) is 2.13. The van der Waals surface area contributed by atoms with Crippen LogP contribution in [0.2, 0.25) is 5.15 Å². The van der Waals surface area contributed by atoms with Crippen molar-refractivity contribution in [3.8, 4) is 0 Å². The number of aromatic nitrogens is 3. The number of halogens is 4. The minimum absolute atomic E-state index is 0.0151. The lowest BCUT2D eigenvalue weighted by atomic mass is 10.0. The van der Waals surface area contributed by atoms with Gasteiger partial charge >= 0.3 is 6.18 Å². The number of pyridine rings is 1. The molecule has 2 N–H and O–H groups in total. The van der Waals surface area contributed by atoms with Crippen molar-refractivity contribution in [2.45, 2.75) is 37.9 Å². The first-order valence-corrected chi connectivity index (χ1v) is 8.40. The summed E-state index contributed by atoms with van der Waals surface area (Å²) in [5.41, 5.74) is 2.17. The van der Waals surface area contributed by atoms with Crippen molar-refractivity contribution in [3.05, 3.63) is 39.8 Å². The zero-order valence-electron chi connectivity index (χ0n) is 13.1. The van der Waals surface area contributed by atoms with Gasteiger partial charge in [-0.25, -0.2) is 15.0 Å². The van der Waals surface area contributed by atoms with Gasteiger partial charge in [-0.1, -0.05) is 11.6 Å². The van der Waals surface area contributed by atoms with Gasteiger partial charge in [0.05, 0.1) is 0 Å². The molecule has 0 spiro atoms. The lowest BCUT2D eigenvalue weighted by Gasteiger charge is -2.20. The molecule has 0 aromatic carbocycles. The summed E-state index contributed by atoms with van der Waals surface area (Å²) >= 11 is 5.67. The van der Waals surface area contributed by atoms with Gasteiger partial charge in [0.15, 0.2) is 0 Å². The van der Waals surface area contributed by atoms with Gasteiger partial charge < -0.3 is 10.6 Å². The number of nitrogens with zero attached hydrogens (tertiary/aromatic N) is 3. The minimum Gasteiger partial charge on any atom is -0.312 e. The Bertz CT molecular complexity index is 820. The summed E-state index contributed by atoms with van der Waals surface area (Å²) in [4.78, 5) is 12.2. The van der Waals surface area contributed by atoms with Gasteiger partial charge in [-0.05, 0) is 36.0 Å². The monoisotopic (exact) mass is 369 g/mol. The van der Waals surface area contributed by atoms with E-state index >= 15 is 0 Å². The first-order valence-electron chi connectivity index (χ1n) is 8.02. The van der Waals surface area contributed by atoms with Crippen molar-refractivity contribution in [1.82, 2.24) is 20.3 Å². The third-order valence-corrected chi connectivity index (χ3v) is 4.66. The van der Waals surface area contributed by atoms with Crippen LogP contribution in [-0.4, -0.2) is 21.5 Å². The molecule has 1 saturated carbocycles. The van der Waals surface area contributed by atoms with Crippen molar-refractivity contribution >= 4 is 23.4 Å². The Morgan fingerprint density at radius 2 is 2.04 bits per heavy atom. The molecule has 1 aliphatic carbocycles. The Labute approximate surface area is 147 Å². The number of hydrogen-bond acceptors (Lipinski definition) is 5. The molecule has 5 nitrogen and oxygen atoms in total. The van der Waals surface area contributed by atoms with Crippen molar-refractivity contribution in [3.63, 3.8) is 0 Å². The van der Waals surface area contributed by atoms with Gasteiger partial charge in [0.1, 0.15) is 16.5 Å². The lowest BCUT2D eigenvalue weighted by Crippen LogP contribution is -2.25. The summed E-state index contributed by atoms with van der Waals surface area (Å²) in [5, 5.41) is 5.65. The van der Waals surface area contributed by atoms with Crippen molar-refractivity contribution in [1.29, 1.82) is 0 Å². The zero-order chi connectivity index (χ0) is 17.6. The van der Waals surface area contributed by atoms with E-state index in [1.54, 1.807) is 0 Å². The SMILES string of the molecule is FC(F)(F)c1cnc(Nc2nc3c(cc2C2CC2)CNCC3)nc1Cl. The molecule has 0 unspecified atom stereocenters. The van der Waals surface area contributed by atoms with Crippen molar-refractivity contribution in [2.24, 2.45) is 0 Å². The van der Waals surface area contributed by atoms with E-state index in [1.807, 2.05) is 0 Å². The molecule has 2 aromatic rings. The number of alkyl halides is 3. The molecule has 3 heterocycles. The highest BCUT2D eigenvalue weighted by Gasteiger charge is 2.35. The fourth-order valence-electron chi connectivity index (χ4n) is 2.93. The van der Waals surface area contributed by atoms with Gasteiger partial charge in [0, 0.05) is 31.4 Å². The van der Waals surface area contributed by atoms with Gasteiger partial charge in [-0.2, -0.15) is 13.2 Å². The quantitative estimate of drug-likeness (QED) is 0.805. The van der Waals surface area contributed by atoms with Crippen LogP contribution in [-0.2, 0) is 19.1 Å². The summed E-state index contributed by atoms with van der Waals surface area (Å²) < 4.78 is 38.3. The molecule has 4 rings (SSSR count). The van der Waals surface area contributed by atoms with E-state index in [0.29, 0.717) is 17.9 Å². The molecule has 132 valence electrons. The first kappa shape index (κ1) is 16.5. The second-order valence-corrected chi connectivity index (χ2v) is 6.61. The standard InChI is InChI=1S/C16H15ClF3N5/c17-13-11(16(18,19)20)7-22-15(24-13)25-14-10(8-1-2-8)5-9-6-21-4-3-12(9)23-14/h5,7-8,21H,1-4,6H2,(H,22,23,24,25). The van der Waals surface area contributed by atoms with Gasteiger partial charge in [-0.3, -0.25) is 0 Å². The predicted molar refractivity (Wildman–Crippen MR) is 86.9 cm³/mol. The Hall–Kier alpha value is -1.93. The van der Waals surface area contributed by atoms with Gasteiger partial charge in [0.25, 0.3) is 0 Å². The maximum absolute atomic E-state index is 12.8. The molecule has 1 fully saturated rings. The molecule has 0 atom stereocenters. The van der Waals surface area contributed by atoms with E-state index in [0.717, 1.165) is 43.6 Å². The molecule has 2 aliphatic rings. The summed E-state index contributed by atoms with van der Waals surface area (Å²) in [7, 11) is 0. The minimum atomic E-state index is -4.58. The van der Waals surface area contributed by atoms with E-state index in [1.165, 1.54) is 5.56 Å². The number of fused-ring (bicyclic) bond motifs is 1. The second-order valence-electron chi connectivity index (χ2n) is 6.25. The van der Waals surface area contributed by atoms with Crippen LogP contribution in [0.1, 0.15) is 41.1 Å². The summed E-state index contributed by atoms with van der Waals surface area (Å²) in [5.74, 6) is 1.05. The van der Waals surface area contributed by atoms with Crippen LogP contribution in [0, 0.1) is 0 Å². The molecule has 1 aliphatic heterocycles. The lowest BCUT2D eigenvalue weighted by molar-refractivity contribution is -0.137. The van der Waals surface area contributed by atoms with E-state index in [4.69, 9.17) is 11.6 Å². The van der Waals surface area contributed by atoms with Crippen LogP contribution < -0.4 is 10.6 Å². The van der Waals surface area contributed by atoms with E-state index in [2.05, 4.69) is 31.7 Å².